The Kier molecular flexibility index (Phi) is 5.82. The Morgan fingerprint density at radius 3 is 2.46 bits per heavy atom. The molecule has 0 spiro atoms. The van der Waals surface area contributed by atoms with Crippen LogP contribution < -0.4 is 0 Å². The van der Waals surface area contributed by atoms with E-state index in [0.29, 0.717) is 12.5 Å². The zero-order valence-electron chi connectivity index (χ0n) is 14.1. The first-order valence-corrected chi connectivity index (χ1v) is 9.74. The highest BCUT2D eigenvalue weighted by molar-refractivity contribution is 8.13. The van der Waals surface area contributed by atoms with Crippen molar-refractivity contribution < 1.29 is 14.3 Å². The average molecular weight is 347 g/mol. The van der Waals surface area contributed by atoms with E-state index in [1.165, 1.54) is 18.2 Å². The minimum absolute atomic E-state index is 0.175. The lowest BCUT2D eigenvalue weighted by atomic mass is 9.79. The molecule has 2 aliphatic rings. The molecule has 1 aromatic rings. The molecule has 1 aromatic carbocycles. The van der Waals surface area contributed by atoms with Crippen LogP contribution >= 0.6 is 11.8 Å². The molecule has 2 heterocycles. The van der Waals surface area contributed by atoms with Gasteiger partial charge in [-0.15, -0.1) is 0 Å². The summed E-state index contributed by atoms with van der Waals surface area (Å²) in [5.41, 5.74) is 1.02. The number of piperidine rings is 2. The topological polar surface area (TPSA) is 46.6 Å². The molecule has 3 rings (SSSR count). The number of carbonyl (C=O) groups excluding carboxylic acids is 2. The van der Waals surface area contributed by atoms with Crippen LogP contribution in [0.3, 0.4) is 0 Å². The first-order chi connectivity index (χ1) is 11.6. The zero-order valence-corrected chi connectivity index (χ0v) is 15.0. The maximum Gasteiger partial charge on any atom is 0.410 e. The van der Waals surface area contributed by atoms with Crippen LogP contribution in [0.25, 0.3) is 0 Å². The van der Waals surface area contributed by atoms with Gasteiger partial charge in [0.05, 0.1) is 0 Å². The van der Waals surface area contributed by atoms with Crippen molar-refractivity contribution in [2.75, 3.05) is 5.75 Å². The lowest BCUT2D eigenvalue weighted by molar-refractivity contribution is -0.109. The summed E-state index contributed by atoms with van der Waals surface area (Å²) in [5, 5.41) is 0.185. The van der Waals surface area contributed by atoms with Gasteiger partial charge in [0.25, 0.3) is 0 Å². The van der Waals surface area contributed by atoms with Gasteiger partial charge in [0, 0.05) is 24.8 Å². The van der Waals surface area contributed by atoms with Gasteiger partial charge in [0.15, 0.2) is 5.12 Å². The Morgan fingerprint density at radius 1 is 1.17 bits per heavy atom. The Morgan fingerprint density at radius 2 is 1.83 bits per heavy atom. The molecule has 0 N–H and O–H groups in total. The van der Waals surface area contributed by atoms with E-state index in [1.54, 1.807) is 6.92 Å². The third kappa shape index (κ3) is 4.32. The minimum atomic E-state index is -0.175. The van der Waals surface area contributed by atoms with Crippen molar-refractivity contribution in [3.8, 4) is 0 Å². The van der Waals surface area contributed by atoms with Gasteiger partial charge in [-0.25, -0.2) is 4.79 Å². The van der Waals surface area contributed by atoms with Gasteiger partial charge in [-0.3, -0.25) is 4.79 Å². The Bertz CT molecular complexity index is 563. The summed E-state index contributed by atoms with van der Waals surface area (Å²) in [5.74, 6) is 1.42. The average Bonchev–Trinajstić information content (AvgIpc) is 2.58. The van der Waals surface area contributed by atoms with Crippen molar-refractivity contribution in [3.05, 3.63) is 35.9 Å². The van der Waals surface area contributed by atoms with Crippen LogP contribution in [-0.2, 0) is 16.1 Å². The molecule has 130 valence electrons. The first-order valence-electron chi connectivity index (χ1n) is 8.76. The highest BCUT2D eigenvalue weighted by Crippen LogP contribution is 2.38. The maximum absolute atomic E-state index is 12.6. The molecule has 4 nitrogen and oxygen atoms in total. The largest absolute Gasteiger partial charge is 0.445 e. The summed E-state index contributed by atoms with van der Waals surface area (Å²) in [6, 6.07) is 10.4. The highest BCUT2D eigenvalue weighted by Gasteiger charge is 2.41. The number of amides is 1. The summed E-state index contributed by atoms with van der Waals surface area (Å²) in [7, 11) is 0. The van der Waals surface area contributed by atoms with Crippen molar-refractivity contribution in [3.63, 3.8) is 0 Å². The lowest BCUT2D eigenvalue weighted by Crippen LogP contribution is -2.55. The van der Waals surface area contributed by atoms with Gasteiger partial charge in [0.1, 0.15) is 6.61 Å². The normalized spacial score (nSPS) is 26.0. The molecular formula is C19H25NO3S. The van der Waals surface area contributed by atoms with Crippen molar-refractivity contribution in [1.29, 1.82) is 0 Å². The van der Waals surface area contributed by atoms with Crippen LogP contribution in [0, 0.1) is 5.92 Å². The number of hydrogen-bond acceptors (Lipinski definition) is 4. The molecule has 2 bridgehead atoms. The highest BCUT2D eigenvalue weighted by atomic mass is 32.2. The fourth-order valence-electron chi connectivity index (χ4n) is 3.96. The van der Waals surface area contributed by atoms with Crippen LogP contribution in [0.15, 0.2) is 30.3 Å². The second-order valence-corrected chi connectivity index (χ2v) is 8.02. The molecule has 0 radical (unpaired) electrons. The van der Waals surface area contributed by atoms with Crippen LogP contribution in [0.1, 0.15) is 44.6 Å². The van der Waals surface area contributed by atoms with Gasteiger partial charge in [-0.1, -0.05) is 42.1 Å². The van der Waals surface area contributed by atoms with Crippen LogP contribution in [0.2, 0.25) is 0 Å². The molecule has 2 aliphatic heterocycles. The van der Waals surface area contributed by atoms with Crippen molar-refractivity contribution in [2.24, 2.45) is 5.92 Å². The third-order valence-electron chi connectivity index (χ3n) is 5.01. The van der Waals surface area contributed by atoms with Crippen LogP contribution in [0.5, 0.6) is 0 Å². The standard InChI is InChI=1S/C19H25NO3S/c1-14(21)24-13-16-10-17-8-5-9-18(11-16)20(17)19(22)23-12-15-6-3-2-4-7-15/h2-4,6-7,16-18H,5,8-13H2,1H3. The Labute approximate surface area is 147 Å². The predicted octanol–water partition coefficient (Wildman–Crippen LogP) is 4.24. The zero-order chi connectivity index (χ0) is 16.9. The molecular weight excluding hydrogens is 322 g/mol. The fraction of sp³-hybridized carbons (Fsp3) is 0.579. The predicted molar refractivity (Wildman–Crippen MR) is 95.8 cm³/mol. The number of fused-ring (bicyclic) bond motifs is 2. The first kappa shape index (κ1) is 17.3. The molecule has 2 fully saturated rings. The molecule has 2 saturated heterocycles. The van der Waals surface area contributed by atoms with Crippen molar-refractivity contribution in [1.82, 2.24) is 4.90 Å². The van der Waals surface area contributed by atoms with E-state index in [-0.39, 0.29) is 23.3 Å². The number of carbonyl (C=O) groups is 2. The van der Waals surface area contributed by atoms with E-state index in [1.807, 2.05) is 35.2 Å². The quantitative estimate of drug-likeness (QED) is 0.817. The molecule has 5 heteroatoms. The minimum Gasteiger partial charge on any atom is -0.445 e. The van der Waals surface area contributed by atoms with Crippen LogP contribution in [0.4, 0.5) is 4.79 Å². The van der Waals surface area contributed by atoms with Gasteiger partial charge in [0.2, 0.25) is 0 Å². The van der Waals surface area contributed by atoms with Gasteiger partial charge < -0.3 is 9.64 Å². The molecule has 1 amide bonds. The molecule has 0 aromatic heterocycles. The number of hydrogen-bond donors (Lipinski definition) is 0. The van der Waals surface area contributed by atoms with Crippen molar-refractivity contribution >= 4 is 23.0 Å². The van der Waals surface area contributed by atoms with E-state index in [4.69, 9.17) is 4.74 Å². The van der Waals surface area contributed by atoms with Crippen molar-refractivity contribution in [2.45, 2.75) is 57.7 Å². The molecule has 24 heavy (non-hydrogen) atoms. The summed E-state index contributed by atoms with van der Waals surface area (Å²) in [6.07, 6.45) is 5.11. The summed E-state index contributed by atoms with van der Waals surface area (Å²) in [6.45, 7) is 1.96. The summed E-state index contributed by atoms with van der Waals surface area (Å²) < 4.78 is 5.57. The SMILES string of the molecule is CC(=O)SCC1CC2CCCC(C1)N2C(=O)OCc1ccccc1. The Hall–Kier alpha value is -1.49. The molecule has 0 aliphatic carbocycles. The maximum atomic E-state index is 12.6. The second-order valence-electron chi connectivity index (χ2n) is 6.83. The van der Waals surface area contributed by atoms with Gasteiger partial charge in [-0.05, 0) is 43.6 Å². The van der Waals surface area contributed by atoms with E-state index in [0.717, 1.165) is 37.0 Å². The summed E-state index contributed by atoms with van der Waals surface area (Å²) >= 11 is 1.42. The monoisotopic (exact) mass is 347 g/mol. The van der Waals surface area contributed by atoms with E-state index >= 15 is 0 Å². The Balaban J connectivity index is 1.57. The number of rotatable bonds is 4. The smallest absolute Gasteiger partial charge is 0.410 e. The third-order valence-corrected chi connectivity index (χ3v) is 6.06. The fourth-order valence-corrected chi connectivity index (χ4v) is 4.70. The van der Waals surface area contributed by atoms with E-state index < -0.39 is 0 Å². The molecule has 0 saturated carbocycles. The van der Waals surface area contributed by atoms with Gasteiger partial charge >= 0.3 is 6.09 Å². The second kappa shape index (κ2) is 8.06. The molecule has 2 unspecified atom stereocenters. The number of benzene rings is 1. The van der Waals surface area contributed by atoms with Crippen LogP contribution in [-0.4, -0.2) is 33.9 Å². The number of nitrogens with zero attached hydrogens (tertiary/aromatic N) is 1. The van der Waals surface area contributed by atoms with Gasteiger partial charge in [-0.2, -0.15) is 0 Å². The number of thioether (sulfide) groups is 1. The number of ether oxygens (including phenoxy) is 1. The van der Waals surface area contributed by atoms with E-state index in [2.05, 4.69) is 0 Å². The lowest BCUT2D eigenvalue weighted by Gasteiger charge is -2.48. The van der Waals surface area contributed by atoms with E-state index in [9.17, 15) is 9.59 Å². The molecule has 2 atom stereocenters. The summed E-state index contributed by atoms with van der Waals surface area (Å²) in [4.78, 5) is 25.8.